The molecule has 0 radical (unpaired) electrons. The molecule has 1 atom stereocenters. The fourth-order valence-corrected chi connectivity index (χ4v) is 5.29. The number of carbonyl (C=O) groups excluding carboxylic acids is 1. The summed E-state index contributed by atoms with van der Waals surface area (Å²) in [5.41, 5.74) is 1.17. The molecule has 0 N–H and O–H groups in total. The Labute approximate surface area is 171 Å². The maximum absolute atomic E-state index is 14.8. The van der Waals surface area contributed by atoms with Crippen molar-refractivity contribution in [2.75, 3.05) is 57.4 Å². The van der Waals surface area contributed by atoms with Crippen molar-refractivity contribution < 1.29 is 18.3 Å². The van der Waals surface area contributed by atoms with E-state index in [1.807, 2.05) is 25.1 Å². The van der Waals surface area contributed by atoms with Gasteiger partial charge >= 0.3 is 0 Å². The van der Waals surface area contributed by atoms with Crippen molar-refractivity contribution in [3.05, 3.63) is 29.8 Å². The Balaban J connectivity index is 1.57. The number of hydrogen-bond donors (Lipinski definition) is 0. The number of ether oxygens (including phenoxy) is 1. The van der Waals surface area contributed by atoms with Crippen LogP contribution in [0.2, 0.25) is 0 Å². The lowest BCUT2D eigenvalue weighted by Crippen LogP contribution is -2.60. The van der Waals surface area contributed by atoms with Crippen LogP contribution in [0.25, 0.3) is 0 Å². The molecule has 7 heteroatoms. The molecule has 3 fully saturated rings. The summed E-state index contributed by atoms with van der Waals surface area (Å²) in [6.07, 6.45) is 1.03. The van der Waals surface area contributed by atoms with E-state index in [-0.39, 0.29) is 18.9 Å². The highest BCUT2D eigenvalue weighted by Gasteiger charge is 2.54. The second-order valence-electron chi connectivity index (χ2n) is 8.67. The van der Waals surface area contributed by atoms with Gasteiger partial charge < -0.3 is 14.5 Å². The highest BCUT2D eigenvalue weighted by Crippen LogP contribution is 2.45. The van der Waals surface area contributed by atoms with Crippen LogP contribution in [0.1, 0.15) is 31.7 Å². The van der Waals surface area contributed by atoms with E-state index in [1.54, 1.807) is 9.80 Å². The fraction of sp³-hybridized carbons (Fsp3) is 0.682. The summed E-state index contributed by atoms with van der Waals surface area (Å²) in [6.45, 7) is 6.73. The third-order valence-electron chi connectivity index (χ3n) is 6.52. The highest BCUT2D eigenvalue weighted by molar-refractivity contribution is 5.84. The minimum absolute atomic E-state index is 0.0860. The van der Waals surface area contributed by atoms with Gasteiger partial charge in [0.1, 0.15) is 0 Å². The number of likely N-dealkylation sites (tertiary alicyclic amines) is 2. The number of carbonyl (C=O) groups is 1. The normalized spacial score (nSPS) is 28.2. The van der Waals surface area contributed by atoms with Gasteiger partial charge in [0.2, 0.25) is 5.91 Å². The number of alkyl halides is 2. The van der Waals surface area contributed by atoms with E-state index in [9.17, 15) is 13.6 Å². The zero-order valence-corrected chi connectivity index (χ0v) is 17.2. The van der Waals surface area contributed by atoms with Crippen molar-refractivity contribution in [2.45, 2.75) is 38.7 Å². The summed E-state index contributed by atoms with van der Waals surface area (Å²) in [5.74, 6) is -2.93. The van der Waals surface area contributed by atoms with Crippen molar-refractivity contribution in [1.82, 2.24) is 9.80 Å². The quantitative estimate of drug-likeness (QED) is 0.769. The third kappa shape index (κ3) is 4.26. The number of halogens is 2. The number of amides is 1. The number of nitrogens with zero attached hydrogens (tertiary/aromatic N) is 3. The number of hydrogen-bond acceptors (Lipinski definition) is 4. The SMILES string of the molecule is CCN1CCC[C@]2(CN(Cc3ccccc3N3CCOCC3)CC(F)(F)C2)C1=O. The van der Waals surface area contributed by atoms with Crippen molar-refractivity contribution in [2.24, 2.45) is 5.41 Å². The van der Waals surface area contributed by atoms with Crippen molar-refractivity contribution in [3.8, 4) is 0 Å². The Hall–Kier alpha value is -1.73. The molecule has 29 heavy (non-hydrogen) atoms. The van der Waals surface area contributed by atoms with Crippen LogP contribution in [0.15, 0.2) is 24.3 Å². The van der Waals surface area contributed by atoms with Crippen LogP contribution in [-0.2, 0) is 16.1 Å². The average Bonchev–Trinajstić information content (AvgIpc) is 2.70. The summed E-state index contributed by atoms with van der Waals surface area (Å²) >= 11 is 0. The summed E-state index contributed by atoms with van der Waals surface area (Å²) in [4.78, 5) is 18.9. The van der Waals surface area contributed by atoms with Gasteiger partial charge in [-0.1, -0.05) is 18.2 Å². The molecule has 0 aromatic heterocycles. The molecule has 3 aliphatic rings. The minimum Gasteiger partial charge on any atom is -0.378 e. The lowest BCUT2D eigenvalue weighted by atomic mass is 9.71. The number of benzene rings is 1. The molecule has 0 bridgehead atoms. The van der Waals surface area contributed by atoms with Crippen LogP contribution >= 0.6 is 0 Å². The van der Waals surface area contributed by atoms with Gasteiger partial charge in [-0.2, -0.15) is 0 Å². The van der Waals surface area contributed by atoms with E-state index in [4.69, 9.17) is 4.74 Å². The Morgan fingerprint density at radius 1 is 1.10 bits per heavy atom. The minimum atomic E-state index is -2.85. The van der Waals surface area contributed by atoms with Gasteiger partial charge in [-0.3, -0.25) is 9.69 Å². The average molecular weight is 408 g/mol. The van der Waals surface area contributed by atoms with E-state index < -0.39 is 11.3 Å². The Morgan fingerprint density at radius 3 is 2.62 bits per heavy atom. The van der Waals surface area contributed by atoms with Crippen LogP contribution in [0.3, 0.4) is 0 Å². The monoisotopic (exact) mass is 407 g/mol. The standard InChI is InChI=1S/C22H31F2N3O2/c1-2-26-9-5-8-21(20(26)28)15-22(23,24)17-25(16-21)14-18-6-3-4-7-19(18)27-10-12-29-13-11-27/h3-4,6-7H,2,5,8-17H2,1H3/t21-/m0/s1. The van der Waals surface area contributed by atoms with Crippen molar-refractivity contribution in [3.63, 3.8) is 0 Å². The largest absolute Gasteiger partial charge is 0.378 e. The molecule has 3 aliphatic heterocycles. The molecular formula is C22H31F2N3O2. The Morgan fingerprint density at radius 2 is 1.86 bits per heavy atom. The molecule has 5 nitrogen and oxygen atoms in total. The number of piperidine rings is 2. The second kappa shape index (κ2) is 8.19. The number of para-hydroxylation sites is 1. The van der Waals surface area contributed by atoms with Crippen molar-refractivity contribution >= 4 is 11.6 Å². The van der Waals surface area contributed by atoms with Gasteiger partial charge in [0.25, 0.3) is 5.92 Å². The lowest BCUT2D eigenvalue weighted by Gasteiger charge is -2.49. The first-order valence-corrected chi connectivity index (χ1v) is 10.7. The Bertz CT molecular complexity index is 739. The van der Waals surface area contributed by atoms with Crippen LogP contribution in [0.5, 0.6) is 0 Å². The molecule has 1 aromatic carbocycles. The van der Waals surface area contributed by atoms with E-state index in [2.05, 4.69) is 11.0 Å². The van der Waals surface area contributed by atoms with E-state index >= 15 is 0 Å². The molecule has 1 spiro atoms. The number of anilines is 1. The van der Waals surface area contributed by atoms with E-state index in [0.29, 0.717) is 45.8 Å². The molecule has 0 unspecified atom stereocenters. The van der Waals surface area contributed by atoms with Gasteiger partial charge in [-0.15, -0.1) is 0 Å². The van der Waals surface area contributed by atoms with Crippen molar-refractivity contribution in [1.29, 1.82) is 0 Å². The van der Waals surface area contributed by atoms with Gasteiger partial charge in [-0.25, -0.2) is 8.78 Å². The molecule has 3 saturated heterocycles. The summed E-state index contributed by atoms with van der Waals surface area (Å²) < 4.78 is 35.1. The molecular weight excluding hydrogens is 376 g/mol. The first-order valence-electron chi connectivity index (χ1n) is 10.7. The topological polar surface area (TPSA) is 36.0 Å². The summed E-state index contributed by atoms with van der Waals surface area (Å²) in [6, 6.07) is 8.03. The molecule has 0 saturated carbocycles. The van der Waals surface area contributed by atoms with E-state index in [1.165, 1.54) is 0 Å². The van der Waals surface area contributed by atoms with Gasteiger partial charge in [0.15, 0.2) is 0 Å². The fourth-order valence-electron chi connectivity index (χ4n) is 5.29. The zero-order chi connectivity index (χ0) is 20.5. The summed E-state index contributed by atoms with van der Waals surface area (Å²) in [5, 5.41) is 0. The number of morpholine rings is 1. The molecule has 1 amide bonds. The maximum atomic E-state index is 14.8. The van der Waals surface area contributed by atoms with Crippen LogP contribution in [-0.4, -0.2) is 74.1 Å². The second-order valence-corrected chi connectivity index (χ2v) is 8.67. The van der Waals surface area contributed by atoms with Gasteiger partial charge in [0.05, 0.1) is 25.2 Å². The molecule has 0 aliphatic carbocycles. The smallest absolute Gasteiger partial charge is 0.261 e. The predicted molar refractivity (Wildman–Crippen MR) is 108 cm³/mol. The van der Waals surface area contributed by atoms with E-state index in [0.717, 1.165) is 30.8 Å². The number of rotatable bonds is 4. The molecule has 1 aromatic rings. The molecule has 4 rings (SSSR count). The first-order chi connectivity index (χ1) is 13.9. The Kier molecular flexibility index (Phi) is 5.80. The molecule has 3 heterocycles. The van der Waals surface area contributed by atoms with Crippen LogP contribution in [0.4, 0.5) is 14.5 Å². The van der Waals surface area contributed by atoms with Gasteiger partial charge in [-0.05, 0) is 31.4 Å². The van der Waals surface area contributed by atoms with Gasteiger partial charge in [0, 0.05) is 51.4 Å². The lowest BCUT2D eigenvalue weighted by molar-refractivity contribution is -0.170. The summed E-state index contributed by atoms with van der Waals surface area (Å²) in [7, 11) is 0. The highest BCUT2D eigenvalue weighted by atomic mass is 19.3. The predicted octanol–water partition coefficient (Wildman–Crippen LogP) is 2.99. The third-order valence-corrected chi connectivity index (χ3v) is 6.52. The maximum Gasteiger partial charge on any atom is 0.261 e. The molecule has 160 valence electrons. The first kappa shape index (κ1) is 20.5. The van der Waals surface area contributed by atoms with Crippen LogP contribution in [0, 0.1) is 5.41 Å². The zero-order valence-electron chi connectivity index (χ0n) is 17.2. The van der Waals surface area contributed by atoms with Crippen LogP contribution < -0.4 is 4.90 Å².